The SMILES string of the molecule is CCCNC(Cc1ccn(C(C)C)n1)CC1(OC)CCC1. The first-order chi connectivity index (χ1) is 10.1. The Balaban J connectivity index is 1.97. The highest BCUT2D eigenvalue weighted by atomic mass is 16.5. The number of rotatable bonds is 9. The summed E-state index contributed by atoms with van der Waals surface area (Å²) in [5, 5.41) is 8.38. The quantitative estimate of drug-likeness (QED) is 0.759. The molecule has 1 heterocycles. The van der Waals surface area contributed by atoms with Crippen molar-refractivity contribution in [2.45, 2.75) is 77.0 Å². The van der Waals surface area contributed by atoms with Gasteiger partial charge in [0.25, 0.3) is 0 Å². The molecule has 120 valence electrons. The summed E-state index contributed by atoms with van der Waals surface area (Å²) in [5.41, 5.74) is 1.30. The summed E-state index contributed by atoms with van der Waals surface area (Å²) in [6.07, 6.45) is 9.05. The standard InChI is InChI=1S/C17H31N3O/c1-5-10-18-16(13-17(21-4)8-6-9-17)12-15-7-11-20(19-15)14(2)3/h7,11,14,16,18H,5-6,8-10,12-13H2,1-4H3. The van der Waals surface area contributed by atoms with Gasteiger partial charge in [-0.15, -0.1) is 0 Å². The van der Waals surface area contributed by atoms with Gasteiger partial charge in [0.2, 0.25) is 0 Å². The van der Waals surface area contributed by atoms with Gasteiger partial charge >= 0.3 is 0 Å². The largest absolute Gasteiger partial charge is 0.378 e. The van der Waals surface area contributed by atoms with Gasteiger partial charge in [0.05, 0.1) is 11.3 Å². The number of nitrogens with one attached hydrogen (secondary N) is 1. The van der Waals surface area contributed by atoms with Crippen molar-refractivity contribution in [2.75, 3.05) is 13.7 Å². The highest BCUT2D eigenvalue weighted by Gasteiger charge is 2.39. The summed E-state index contributed by atoms with van der Waals surface area (Å²) < 4.78 is 7.84. The van der Waals surface area contributed by atoms with Crippen molar-refractivity contribution in [2.24, 2.45) is 0 Å². The third kappa shape index (κ3) is 4.30. The predicted molar refractivity (Wildman–Crippen MR) is 86.6 cm³/mol. The number of hydrogen-bond donors (Lipinski definition) is 1. The van der Waals surface area contributed by atoms with E-state index in [9.17, 15) is 0 Å². The highest BCUT2D eigenvalue weighted by Crippen LogP contribution is 2.39. The van der Waals surface area contributed by atoms with Gasteiger partial charge in [0, 0.05) is 31.8 Å². The Labute approximate surface area is 129 Å². The third-order valence-electron chi connectivity index (χ3n) is 4.65. The molecule has 0 aliphatic heterocycles. The summed E-state index contributed by atoms with van der Waals surface area (Å²) in [7, 11) is 1.86. The maximum Gasteiger partial charge on any atom is 0.0693 e. The second-order valence-electron chi connectivity index (χ2n) is 6.68. The van der Waals surface area contributed by atoms with Crippen molar-refractivity contribution >= 4 is 0 Å². The maximum atomic E-state index is 5.80. The molecule has 0 saturated heterocycles. The van der Waals surface area contributed by atoms with Crippen LogP contribution in [-0.2, 0) is 11.2 Å². The minimum atomic E-state index is 0.117. The van der Waals surface area contributed by atoms with Crippen LogP contribution in [0.2, 0.25) is 0 Å². The molecule has 1 N–H and O–H groups in total. The number of methoxy groups -OCH3 is 1. The summed E-state index contributed by atoms with van der Waals surface area (Å²) in [6.45, 7) is 7.61. The van der Waals surface area contributed by atoms with E-state index >= 15 is 0 Å². The van der Waals surface area contributed by atoms with E-state index in [1.807, 2.05) is 11.8 Å². The van der Waals surface area contributed by atoms with Gasteiger partial charge in [0.15, 0.2) is 0 Å². The Morgan fingerprint density at radius 2 is 2.19 bits per heavy atom. The molecule has 1 unspecified atom stereocenters. The van der Waals surface area contributed by atoms with Gasteiger partial charge in [-0.3, -0.25) is 4.68 Å². The highest BCUT2D eigenvalue weighted by molar-refractivity contribution is 5.04. The van der Waals surface area contributed by atoms with E-state index in [2.05, 4.69) is 38.4 Å². The van der Waals surface area contributed by atoms with Crippen molar-refractivity contribution in [3.63, 3.8) is 0 Å². The summed E-state index contributed by atoms with van der Waals surface area (Å²) in [6, 6.07) is 3.04. The lowest BCUT2D eigenvalue weighted by Gasteiger charge is -2.43. The average molecular weight is 293 g/mol. The van der Waals surface area contributed by atoms with Gasteiger partial charge in [-0.05, 0) is 58.6 Å². The van der Waals surface area contributed by atoms with E-state index in [0.717, 1.165) is 25.8 Å². The lowest BCUT2D eigenvalue weighted by atomic mass is 9.75. The average Bonchev–Trinajstić information content (AvgIpc) is 2.88. The fraction of sp³-hybridized carbons (Fsp3) is 0.824. The monoisotopic (exact) mass is 293 g/mol. The fourth-order valence-corrected chi connectivity index (χ4v) is 3.10. The van der Waals surface area contributed by atoms with Crippen LogP contribution in [0.15, 0.2) is 12.3 Å². The zero-order valence-electron chi connectivity index (χ0n) is 14.1. The van der Waals surface area contributed by atoms with Crippen LogP contribution >= 0.6 is 0 Å². The Morgan fingerprint density at radius 1 is 1.43 bits per heavy atom. The molecule has 1 atom stereocenters. The molecular weight excluding hydrogens is 262 g/mol. The van der Waals surface area contributed by atoms with E-state index in [0.29, 0.717) is 12.1 Å². The van der Waals surface area contributed by atoms with Crippen LogP contribution in [0.25, 0.3) is 0 Å². The number of nitrogens with zero attached hydrogens (tertiary/aromatic N) is 2. The lowest BCUT2D eigenvalue weighted by Crippen LogP contribution is -2.46. The molecule has 1 fully saturated rings. The molecule has 0 spiro atoms. The Bertz CT molecular complexity index is 418. The van der Waals surface area contributed by atoms with Gasteiger partial charge in [0.1, 0.15) is 0 Å². The summed E-state index contributed by atoms with van der Waals surface area (Å²) >= 11 is 0. The van der Waals surface area contributed by atoms with Crippen molar-refractivity contribution < 1.29 is 4.74 Å². The smallest absolute Gasteiger partial charge is 0.0693 e. The first-order valence-corrected chi connectivity index (χ1v) is 8.41. The topological polar surface area (TPSA) is 39.1 Å². The first kappa shape index (κ1) is 16.5. The van der Waals surface area contributed by atoms with Crippen molar-refractivity contribution in [1.29, 1.82) is 0 Å². The van der Waals surface area contributed by atoms with Crippen LogP contribution in [-0.4, -0.2) is 35.1 Å². The molecule has 1 aliphatic carbocycles. The van der Waals surface area contributed by atoms with Crippen LogP contribution in [0.1, 0.15) is 64.6 Å². The molecular formula is C17H31N3O. The molecule has 1 aliphatic rings. The predicted octanol–water partition coefficient (Wildman–Crippen LogP) is 3.33. The third-order valence-corrected chi connectivity index (χ3v) is 4.65. The minimum absolute atomic E-state index is 0.117. The Morgan fingerprint density at radius 3 is 2.67 bits per heavy atom. The van der Waals surface area contributed by atoms with Crippen molar-refractivity contribution in [3.05, 3.63) is 18.0 Å². The zero-order chi connectivity index (χ0) is 15.3. The Hall–Kier alpha value is -0.870. The van der Waals surface area contributed by atoms with Crippen LogP contribution in [0.3, 0.4) is 0 Å². The number of ether oxygens (including phenoxy) is 1. The summed E-state index contributed by atoms with van der Waals surface area (Å²) in [4.78, 5) is 0. The molecule has 0 amide bonds. The van der Waals surface area contributed by atoms with E-state index in [-0.39, 0.29) is 5.60 Å². The normalized spacial score (nSPS) is 18.7. The second kappa shape index (κ2) is 7.41. The van der Waals surface area contributed by atoms with Gasteiger partial charge in [-0.1, -0.05) is 6.92 Å². The minimum Gasteiger partial charge on any atom is -0.378 e. The maximum absolute atomic E-state index is 5.80. The van der Waals surface area contributed by atoms with E-state index < -0.39 is 0 Å². The zero-order valence-corrected chi connectivity index (χ0v) is 14.1. The molecule has 0 bridgehead atoms. The van der Waals surface area contributed by atoms with Gasteiger partial charge in [-0.2, -0.15) is 5.10 Å². The van der Waals surface area contributed by atoms with E-state index in [1.54, 1.807) is 0 Å². The van der Waals surface area contributed by atoms with Crippen LogP contribution in [0.4, 0.5) is 0 Å². The molecule has 21 heavy (non-hydrogen) atoms. The molecule has 0 aromatic carbocycles. The molecule has 4 heteroatoms. The van der Waals surface area contributed by atoms with Crippen LogP contribution in [0.5, 0.6) is 0 Å². The van der Waals surface area contributed by atoms with Crippen LogP contribution < -0.4 is 5.32 Å². The molecule has 1 aromatic heterocycles. The molecule has 4 nitrogen and oxygen atoms in total. The van der Waals surface area contributed by atoms with Gasteiger partial charge in [-0.25, -0.2) is 0 Å². The molecule has 1 saturated carbocycles. The molecule has 0 radical (unpaired) electrons. The first-order valence-electron chi connectivity index (χ1n) is 8.41. The number of hydrogen-bond acceptors (Lipinski definition) is 3. The molecule has 2 rings (SSSR count). The number of aromatic nitrogens is 2. The van der Waals surface area contributed by atoms with Gasteiger partial charge < -0.3 is 10.1 Å². The second-order valence-corrected chi connectivity index (χ2v) is 6.68. The van der Waals surface area contributed by atoms with Crippen molar-refractivity contribution in [1.82, 2.24) is 15.1 Å². The summed E-state index contributed by atoms with van der Waals surface area (Å²) in [5.74, 6) is 0. The molecule has 1 aromatic rings. The van der Waals surface area contributed by atoms with E-state index in [4.69, 9.17) is 9.84 Å². The fourth-order valence-electron chi connectivity index (χ4n) is 3.10. The van der Waals surface area contributed by atoms with Crippen molar-refractivity contribution in [3.8, 4) is 0 Å². The van der Waals surface area contributed by atoms with Crippen LogP contribution in [0, 0.1) is 0 Å². The Kier molecular flexibility index (Phi) is 5.82. The lowest BCUT2D eigenvalue weighted by molar-refractivity contribution is -0.0834. The van der Waals surface area contributed by atoms with E-state index in [1.165, 1.54) is 25.0 Å².